The molecular formula is C16H17NO3S. The maximum atomic E-state index is 12.8. The van der Waals surface area contributed by atoms with Crippen molar-refractivity contribution in [2.24, 2.45) is 0 Å². The minimum Gasteiger partial charge on any atom is -0.495 e. The molecule has 1 aliphatic carbocycles. The molecule has 0 radical (unpaired) electrons. The molecule has 3 rings (SSSR count). The number of rotatable bonds is 5. The van der Waals surface area contributed by atoms with Gasteiger partial charge in [-0.1, -0.05) is 5.16 Å². The first-order valence-corrected chi connectivity index (χ1v) is 8.10. The van der Waals surface area contributed by atoms with Crippen LogP contribution >= 0.6 is 11.8 Å². The minimum absolute atomic E-state index is 0.0402. The third-order valence-corrected chi connectivity index (χ3v) is 4.59. The summed E-state index contributed by atoms with van der Waals surface area (Å²) in [5, 5.41) is 3.80. The number of methoxy groups -OCH3 is 1. The number of thioether (sulfide) groups is 1. The van der Waals surface area contributed by atoms with Gasteiger partial charge in [0.05, 0.1) is 18.9 Å². The molecular weight excluding hydrogens is 286 g/mol. The fourth-order valence-corrected chi connectivity index (χ4v) is 3.16. The molecule has 4 nitrogen and oxygen atoms in total. The van der Waals surface area contributed by atoms with Gasteiger partial charge in [-0.3, -0.25) is 4.79 Å². The van der Waals surface area contributed by atoms with E-state index in [1.165, 1.54) is 6.20 Å². The summed E-state index contributed by atoms with van der Waals surface area (Å²) in [5.41, 5.74) is 2.09. The standard InChI is InChI=1S/C16H17NO3S/c1-9-11(6-7-13(21-3)15(9)19-2)14(18)12-8-17-20-16(12)10-4-5-10/h6-8,10H,4-5H2,1-3H3. The lowest BCUT2D eigenvalue weighted by Crippen LogP contribution is -2.06. The van der Waals surface area contributed by atoms with E-state index in [2.05, 4.69) is 5.16 Å². The second-order valence-electron chi connectivity index (χ2n) is 5.18. The van der Waals surface area contributed by atoms with E-state index in [1.807, 2.05) is 25.3 Å². The zero-order valence-corrected chi connectivity index (χ0v) is 13.1. The maximum absolute atomic E-state index is 12.8. The molecule has 1 saturated carbocycles. The van der Waals surface area contributed by atoms with Gasteiger partial charge in [-0.25, -0.2) is 0 Å². The van der Waals surface area contributed by atoms with Crippen molar-refractivity contribution in [2.45, 2.75) is 30.6 Å². The molecule has 0 unspecified atom stereocenters. The van der Waals surface area contributed by atoms with Crippen molar-refractivity contribution in [1.82, 2.24) is 5.16 Å². The van der Waals surface area contributed by atoms with Crippen molar-refractivity contribution >= 4 is 17.5 Å². The van der Waals surface area contributed by atoms with E-state index in [-0.39, 0.29) is 5.78 Å². The monoisotopic (exact) mass is 303 g/mol. The number of aromatic nitrogens is 1. The zero-order valence-electron chi connectivity index (χ0n) is 12.3. The fourth-order valence-electron chi connectivity index (χ4n) is 2.53. The molecule has 110 valence electrons. The highest BCUT2D eigenvalue weighted by Gasteiger charge is 2.33. The van der Waals surface area contributed by atoms with E-state index in [4.69, 9.17) is 9.26 Å². The molecule has 0 aliphatic heterocycles. The Labute approximate surface area is 127 Å². The number of ether oxygens (including phenoxy) is 1. The van der Waals surface area contributed by atoms with E-state index < -0.39 is 0 Å². The summed E-state index contributed by atoms with van der Waals surface area (Å²) in [4.78, 5) is 13.8. The average Bonchev–Trinajstić information content (AvgIpc) is 3.23. The van der Waals surface area contributed by atoms with Crippen molar-refractivity contribution in [1.29, 1.82) is 0 Å². The van der Waals surface area contributed by atoms with Crippen molar-refractivity contribution in [3.8, 4) is 5.75 Å². The molecule has 0 amide bonds. The first kappa shape index (κ1) is 14.2. The third-order valence-electron chi connectivity index (χ3n) is 3.83. The highest BCUT2D eigenvalue weighted by Crippen LogP contribution is 2.42. The fraction of sp³-hybridized carbons (Fsp3) is 0.375. The predicted molar refractivity (Wildman–Crippen MR) is 81.4 cm³/mol. The first-order chi connectivity index (χ1) is 10.2. The Balaban J connectivity index is 2.03. The summed E-state index contributed by atoms with van der Waals surface area (Å²) in [6, 6.07) is 3.78. The van der Waals surface area contributed by atoms with E-state index in [0.717, 1.165) is 34.8 Å². The number of benzene rings is 1. The quantitative estimate of drug-likeness (QED) is 0.621. The van der Waals surface area contributed by atoms with Gasteiger partial charge in [0.15, 0.2) is 11.5 Å². The van der Waals surface area contributed by atoms with Crippen LogP contribution in [-0.2, 0) is 0 Å². The second kappa shape index (κ2) is 5.56. The summed E-state index contributed by atoms with van der Waals surface area (Å²) in [5.74, 6) is 1.81. The summed E-state index contributed by atoms with van der Waals surface area (Å²) < 4.78 is 10.7. The lowest BCUT2D eigenvalue weighted by atomic mass is 9.98. The Hall–Kier alpha value is -1.75. The lowest BCUT2D eigenvalue weighted by Gasteiger charge is -2.13. The van der Waals surface area contributed by atoms with E-state index in [9.17, 15) is 4.79 Å². The van der Waals surface area contributed by atoms with Crippen molar-refractivity contribution in [3.63, 3.8) is 0 Å². The van der Waals surface area contributed by atoms with Crippen LogP contribution in [0.25, 0.3) is 0 Å². The van der Waals surface area contributed by atoms with Crippen molar-refractivity contribution in [2.75, 3.05) is 13.4 Å². The normalized spacial score (nSPS) is 14.2. The molecule has 1 aromatic heterocycles. The summed E-state index contributed by atoms with van der Waals surface area (Å²) in [7, 11) is 1.63. The highest BCUT2D eigenvalue weighted by atomic mass is 32.2. The van der Waals surface area contributed by atoms with E-state index in [1.54, 1.807) is 18.9 Å². The molecule has 2 aromatic rings. The molecule has 0 bridgehead atoms. The molecule has 0 saturated heterocycles. The van der Waals surface area contributed by atoms with Crippen LogP contribution in [0.1, 0.15) is 46.0 Å². The van der Waals surface area contributed by atoms with Gasteiger partial charge < -0.3 is 9.26 Å². The number of hydrogen-bond acceptors (Lipinski definition) is 5. The van der Waals surface area contributed by atoms with Gasteiger partial charge in [0.25, 0.3) is 0 Å². The van der Waals surface area contributed by atoms with Gasteiger partial charge in [0.2, 0.25) is 0 Å². The molecule has 0 atom stereocenters. The minimum atomic E-state index is -0.0402. The molecule has 1 heterocycles. The molecule has 21 heavy (non-hydrogen) atoms. The van der Waals surface area contributed by atoms with Crippen molar-refractivity contribution < 1.29 is 14.1 Å². The Morgan fingerprint density at radius 2 is 2.14 bits per heavy atom. The largest absolute Gasteiger partial charge is 0.495 e. The summed E-state index contributed by atoms with van der Waals surface area (Å²) in [6.45, 7) is 1.91. The number of carbonyl (C=O) groups excluding carboxylic acids is 1. The average molecular weight is 303 g/mol. The Bertz CT molecular complexity index is 689. The van der Waals surface area contributed by atoms with Gasteiger partial charge in [-0.05, 0) is 38.2 Å². The van der Waals surface area contributed by atoms with Crippen molar-refractivity contribution in [3.05, 3.63) is 40.8 Å². The number of carbonyl (C=O) groups is 1. The maximum Gasteiger partial charge on any atom is 0.198 e. The number of ketones is 1. The van der Waals surface area contributed by atoms with Crippen LogP contribution in [-0.4, -0.2) is 24.3 Å². The van der Waals surface area contributed by atoms with Crippen LogP contribution in [0.4, 0.5) is 0 Å². The van der Waals surface area contributed by atoms with Gasteiger partial charge >= 0.3 is 0 Å². The van der Waals surface area contributed by atoms with Crippen LogP contribution in [0.5, 0.6) is 5.75 Å². The summed E-state index contributed by atoms with van der Waals surface area (Å²) >= 11 is 1.60. The van der Waals surface area contributed by atoms with Gasteiger partial charge in [-0.15, -0.1) is 11.8 Å². The second-order valence-corrected chi connectivity index (χ2v) is 6.03. The molecule has 1 aliphatic rings. The third kappa shape index (κ3) is 2.46. The number of hydrogen-bond donors (Lipinski definition) is 0. The van der Waals surface area contributed by atoms with Gasteiger partial charge in [0, 0.05) is 21.9 Å². The molecule has 1 fully saturated rings. The Morgan fingerprint density at radius 1 is 1.38 bits per heavy atom. The molecule has 0 N–H and O–H groups in total. The van der Waals surface area contributed by atoms with Crippen LogP contribution in [0.2, 0.25) is 0 Å². The highest BCUT2D eigenvalue weighted by molar-refractivity contribution is 7.98. The molecule has 5 heteroatoms. The molecule has 1 aromatic carbocycles. The summed E-state index contributed by atoms with van der Waals surface area (Å²) in [6.07, 6.45) is 5.67. The van der Waals surface area contributed by atoms with Crippen LogP contribution in [0, 0.1) is 6.92 Å². The Kier molecular flexibility index (Phi) is 3.76. The van der Waals surface area contributed by atoms with Crippen LogP contribution < -0.4 is 4.74 Å². The van der Waals surface area contributed by atoms with Crippen LogP contribution in [0.3, 0.4) is 0 Å². The van der Waals surface area contributed by atoms with Gasteiger partial charge in [-0.2, -0.15) is 0 Å². The first-order valence-electron chi connectivity index (χ1n) is 6.88. The smallest absolute Gasteiger partial charge is 0.198 e. The predicted octanol–water partition coefficient (Wildman–Crippen LogP) is 3.82. The van der Waals surface area contributed by atoms with Gasteiger partial charge in [0.1, 0.15) is 5.75 Å². The van der Waals surface area contributed by atoms with Crippen LogP contribution in [0.15, 0.2) is 27.7 Å². The SMILES string of the molecule is COc1c(SC)ccc(C(=O)c2cnoc2C2CC2)c1C. The molecule has 0 spiro atoms. The zero-order chi connectivity index (χ0) is 15.0. The lowest BCUT2D eigenvalue weighted by molar-refractivity contribution is 0.103. The Morgan fingerprint density at radius 3 is 2.76 bits per heavy atom. The topological polar surface area (TPSA) is 52.3 Å². The van der Waals surface area contributed by atoms with E-state index >= 15 is 0 Å². The van der Waals surface area contributed by atoms with E-state index in [0.29, 0.717) is 17.0 Å². The number of nitrogens with zero attached hydrogens (tertiary/aromatic N) is 1.